The summed E-state index contributed by atoms with van der Waals surface area (Å²) >= 11 is 0. The molecule has 7 nitrogen and oxygen atoms in total. The maximum absolute atomic E-state index is 12.2. The summed E-state index contributed by atoms with van der Waals surface area (Å²) in [5.41, 5.74) is 7.62. The minimum absolute atomic E-state index is 0.299. The molecule has 4 rings (SSSR count). The molecule has 1 aliphatic rings. The highest BCUT2D eigenvalue weighted by atomic mass is 16.3. The van der Waals surface area contributed by atoms with Crippen LogP contribution in [0.3, 0.4) is 0 Å². The van der Waals surface area contributed by atoms with Gasteiger partial charge in [-0.3, -0.25) is 4.79 Å². The van der Waals surface area contributed by atoms with Crippen molar-refractivity contribution in [3.63, 3.8) is 0 Å². The largest absolute Gasteiger partial charge is 0.382 e. The molecule has 0 bridgehead atoms. The Morgan fingerprint density at radius 1 is 1.29 bits per heavy atom. The van der Waals surface area contributed by atoms with Gasteiger partial charge in [0.25, 0.3) is 5.91 Å². The Balaban J connectivity index is 1.79. The first-order valence-electron chi connectivity index (χ1n) is 10.3. The van der Waals surface area contributed by atoms with Gasteiger partial charge in [-0.1, -0.05) is 31.8 Å². The average Bonchev–Trinajstić information content (AvgIpc) is 3.01. The first kappa shape index (κ1) is 20.8. The summed E-state index contributed by atoms with van der Waals surface area (Å²) in [6, 6.07) is 7.64. The number of hydrogen-bond donors (Lipinski definition) is 2. The summed E-state index contributed by atoms with van der Waals surface area (Å²) in [7, 11) is 1.67. The molecule has 1 aliphatic heterocycles. The maximum atomic E-state index is 12.2. The predicted octanol–water partition coefficient (Wildman–Crippen LogP) is 2.42. The summed E-state index contributed by atoms with van der Waals surface area (Å²) in [4.78, 5) is 27.0. The lowest BCUT2D eigenvalue weighted by Gasteiger charge is -2.14. The van der Waals surface area contributed by atoms with Crippen LogP contribution in [0, 0.1) is 17.8 Å². The van der Waals surface area contributed by atoms with E-state index in [4.69, 9.17) is 5.73 Å². The third kappa shape index (κ3) is 4.07. The number of aliphatic hydroxyl groups is 1. The zero-order valence-corrected chi connectivity index (χ0v) is 17.9. The number of likely N-dealkylation sites (tertiary alicyclic amines) is 1. The second-order valence-corrected chi connectivity index (χ2v) is 8.38. The van der Waals surface area contributed by atoms with Crippen molar-refractivity contribution in [3.8, 4) is 23.2 Å². The molecule has 1 amide bonds. The Morgan fingerprint density at radius 2 is 2.10 bits per heavy atom. The van der Waals surface area contributed by atoms with Crippen LogP contribution < -0.4 is 5.73 Å². The van der Waals surface area contributed by atoms with E-state index in [0.29, 0.717) is 41.6 Å². The lowest BCUT2D eigenvalue weighted by Crippen LogP contribution is -2.37. The van der Waals surface area contributed by atoms with Crippen LogP contribution in [-0.4, -0.2) is 50.1 Å². The van der Waals surface area contributed by atoms with Gasteiger partial charge >= 0.3 is 0 Å². The van der Waals surface area contributed by atoms with Crippen molar-refractivity contribution in [3.05, 3.63) is 47.8 Å². The Bertz CT molecular complexity index is 1230. The van der Waals surface area contributed by atoms with Crippen molar-refractivity contribution in [1.29, 1.82) is 0 Å². The van der Waals surface area contributed by atoms with E-state index >= 15 is 0 Å². The molecule has 3 N–H and O–H groups in total. The number of anilines is 1. The zero-order chi connectivity index (χ0) is 22.2. The number of aromatic nitrogens is 3. The van der Waals surface area contributed by atoms with Crippen molar-refractivity contribution in [2.75, 3.05) is 19.3 Å². The molecule has 0 aliphatic carbocycles. The molecule has 3 heterocycles. The predicted molar refractivity (Wildman–Crippen MR) is 120 cm³/mol. The van der Waals surface area contributed by atoms with Crippen LogP contribution in [0.4, 0.5) is 5.82 Å². The lowest BCUT2D eigenvalue weighted by molar-refractivity contribution is -0.137. The second kappa shape index (κ2) is 7.97. The molecule has 1 saturated heterocycles. The normalized spacial score (nSPS) is 18.5. The fourth-order valence-electron chi connectivity index (χ4n) is 3.73. The number of hydrogen-bond acceptors (Lipinski definition) is 6. The zero-order valence-electron chi connectivity index (χ0n) is 17.9. The van der Waals surface area contributed by atoms with Gasteiger partial charge in [-0.2, -0.15) is 0 Å². The van der Waals surface area contributed by atoms with E-state index in [1.165, 1.54) is 4.90 Å². The number of nitrogen functional groups attached to an aromatic ring is 1. The molecular formula is C24H25N5O2. The van der Waals surface area contributed by atoms with Gasteiger partial charge in [0.15, 0.2) is 5.82 Å². The number of amides is 1. The molecule has 0 radical (unpaired) electrons. The number of rotatable bonds is 3. The number of nitrogens with two attached hydrogens (primary N) is 1. The molecule has 2 aromatic heterocycles. The van der Waals surface area contributed by atoms with Gasteiger partial charge < -0.3 is 15.7 Å². The number of likely N-dealkylation sites (N-methyl/N-ethyl adjacent to an activating group) is 1. The van der Waals surface area contributed by atoms with Crippen LogP contribution in [-0.2, 0) is 11.2 Å². The highest BCUT2D eigenvalue weighted by molar-refractivity contribution is 5.90. The molecule has 1 unspecified atom stereocenters. The first-order chi connectivity index (χ1) is 14.8. The summed E-state index contributed by atoms with van der Waals surface area (Å²) in [6.45, 7) is 4.79. The van der Waals surface area contributed by atoms with E-state index in [-0.39, 0.29) is 5.91 Å². The third-order valence-electron chi connectivity index (χ3n) is 5.43. The Hall–Kier alpha value is -3.50. The molecule has 7 heteroatoms. The topological polar surface area (TPSA) is 105 Å². The molecular weight excluding hydrogens is 390 g/mol. The van der Waals surface area contributed by atoms with Crippen molar-refractivity contribution in [2.45, 2.75) is 32.3 Å². The van der Waals surface area contributed by atoms with Crippen LogP contribution in [0.2, 0.25) is 0 Å². The van der Waals surface area contributed by atoms with Gasteiger partial charge in [0, 0.05) is 48.9 Å². The quantitative estimate of drug-likeness (QED) is 0.637. The highest BCUT2D eigenvalue weighted by Gasteiger charge is 2.42. The summed E-state index contributed by atoms with van der Waals surface area (Å²) in [5.74, 6) is 6.73. The van der Waals surface area contributed by atoms with E-state index in [1.54, 1.807) is 19.4 Å². The fraction of sp³-hybridized carbons (Fsp3) is 0.333. The maximum Gasteiger partial charge on any atom is 0.267 e. The van der Waals surface area contributed by atoms with Crippen molar-refractivity contribution < 1.29 is 9.90 Å². The molecule has 31 heavy (non-hydrogen) atoms. The molecule has 0 spiro atoms. The molecule has 0 saturated carbocycles. The van der Waals surface area contributed by atoms with E-state index in [1.807, 2.05) is 24.3 Å². The molecule has 1 atom stereocenters. The minimum atomic E-state index is -1.63. The number of carbonyl (C=O) groups is 1. The van der Waals surface area contributed by atoms with Gasteiger partial charge in [-0.25, -0.2) is 15.0 Å². The van der Waals surface area contributed by atoms with Crippen LogP contribution >= 0.6 is 0 Å². The number of carbonyl (C=O) groups excluding carboxylic acids is 1. The molecule has 158 valence electrons. The van der Waals surface area contributed by atoms with E-state index in [9.17, 15) is 9.90 Å². The number of nitrogens with zero attached hydrogens (tertiary/aromatic N) is 4. The van der Waals surface area contributed by atoms with Crippen LogP contribution in [0.1, 0.15) is 31.4 Å². The molecule has 3 aromatic rings. The summed E-state index contributed by atoms with van der Waals surface area (Å²) in [5, 5.41) is 11.4. The standard InChI is InChI=1S/C24H25N5O2/c1-15(2)12-17-5-4-16(6-8-24(31)9-11-29(3)23(24)30)13-19(17)22-27-14-18-7-10-26-21(25)20(18)28-22/h4-5,7,10,13-15,31H,9,11-12H2,1-3H3,(H2,25,26). The van der Waals surface area contributed by atoms with Crippen molar-refractivity contribution in [1.82, 2.24) is 19.9 Å². The second-order valence-electron chi connectivity index (χ2n) is 8.38. The van der Waals surface area contributed by atoms with Crippen LogP contribution in [0.15, 0.2) is 36.7 Å². The molecule has 1 fully saturated rings. The Morgan fingerprint density at radius 3 is 2.81 bits per heavy atom. The monoisotopic (exact) mass is 415 g/mol. The fourth-order valence-corrected chi connectivity index (χ4v) is 3.73. The number of pyridine rings is 1. The van der Waals surface area contributed by atoms with E-state index in [2.05, 4.69) is 40.6 Å². The summed E-state index contributed by atoms with van der Waals surface area (Å²) < 4.78 is 0. The van der Waals surface area contributed by atoms with Gasteiger partial charge in [0.1, 0.15) is 11.3 Å². The van der Waals surface area contributed by atoms with Crippen molar-refractivity contribution in [2.24, 2.45) is 5.92 Å². The third-order valence-corrected chi connectivity index (χ3v) is 5.43. The van der Waals surface area contributed by atoms with Crippen molar-refractivity contribution >= 4 is 22.6 Å². The van der Waals surface area contributed by atoms with Gasteiger partial charge in [0.05, 0.1) is 0 Å². The number of fused-ring (bicyclic) bond motifs is 1. The number of benzene rings is 1. The highest BCUT2D eigenvalue weighted by Crippen LogP contribution is 2.27. The average molecular weight is 415 g/mol. The first-order valence-corrected chi connectivity index (χ1v) is 10.3. The lowest BCUT2D eigenvalue weighted by atomic mass is 9.95. The smallest absolute Gasteiger partial charge is 0.267 e. The van der Waals surface area contributed by atoms with E-state index in [0.717, 1.165) is 22.9 Å². The summed E-state index contributed by atoms with van der Waals surface area (Å²) in [6.07, 6.45) is 4.52. The van der Waals surface area contributed by atoms with Crippen LogP contribution in [0.25, 0.3) is 22.3 Å². The van der Waals surface area contributed by atoms with Gasteiger partial charge in [0.2, 0.25) is 5.60 Å². The Kier molecular flexibility index (Phi) is 5.34. The van der Waals surface area contributed by atoms with Gasteiger partial charge in [-0.05, 0) is 36.1 Å². The van der Waals surface area contributed by atoms with Gasteiger partial charge in [-0.15, -0.1) is 0 Å². The minimum Gasteiger partial charge on any atom is -0.382 e. The SMILES string of the molecule is CC(C)Cc1ccc(C#CC2(O)CCN(C)C2=O)cc1-c1ncc2ccnc(N)c2n1. The van der Waals surface area contributed by atoms with E-state index < -0.39 is 5.60 Å². The molecule has 1 aromatic carbocycles. The Labute approximate surface area is 181 Å². The van der Waals surface area contributed by atoms with Crippen LogP contribution in [0.5, 0.6) is 0 Å².